The highest BCUT2D eigenvalue weighted by molar-refractivity contribution is 7.26. The number of benzene rings is 4. The maximum Gasteiger partial charge on any atom is 0.0727 e. The first-order valence-electron chi connectivity index (χ1n) is 9.67. The van der Waals surface area contributed by atoms with Gasteiger partial charge in [0.15, 0.2) is 0 Å². The normalized spacial score (nSPS) is 11.6. The summed E-state index contributed by atoms with van der Waals surface area (Å²) >= 11 is 1.87. The lowest BCUT2D eigenvalue weighted by atomic mass is 10.0. The van der Waals surface area contributed by atoms with Crippen molar-refractivity contribution in [3.8, 4) is 16.8 Å². The number of aromatic nitrogens is 1. The molecule has 2 heterocycles. The van der Waals surface area contributed by atoms with Crippen LogP contribution in [-0.4, -0.2) is 4.57 Å². The minimum Gasteiger partial charge on any atom is -0.399 e. The predicted molar refractivity (Wildman–Crippen MR) is 126 cm³/mol. The van der Waals surface area contributed by atoms with Gasteiger partial charge in [-0.15, -0.1) is 11.3 Å². The van der Waals surface area contributed by atoms with Gasteiger partial charge in [-0.3, -0.25) is 0 Å². The van der Waals surface area contributed by atoms with Crippen molar-refractivity contribution in [3.05, 3.63) is 97.1 Å². The summed E-state index contributed by atoms with van der Waals surface area (Å²) in [6, 6.07) is 34.2. The summed E-state index contributed by atoms with van der Waals surface area (Å²) in [5.74, 6) is 0. The third-order valence-corrected chi connectivity index (χ3v) is 6.73. The molecular formula is C26H18N2S. The largest absolute Gasteiger partial charge is 0.399 e. The summed E-state index contributed by atoms with van der Waals surface area (Å²) in [6.07, 6.45) is 0. The number of nitrogens with two attached hydrogens (primary N) is 1. The van der Waals surface area contributed by atoms with Crippen molar-refractivity contribution in [2.24, 2.45) is 0 Å². The van der Waals surface area contributed by atoms with E-state index in [-0.39, 0.29) is 0 Å². The zero-order valence-corrected chi connectivity index (χ0v) is 16.5. The zero-order valence-electron chi connectivity index (χ0n) is 15.7. The lowest BCUT2D eigenvalue weighted by molar-refractivity contribution is 1.19. The highest BCUT2D eigenvalue weighted by Gasteiger charge is 2.18. The maximum atomic E-state index is 5.88. The molecule has 0 aliphatic heterocycles. The van der Waals surface area contributed by atoms with Crippen LogP contribution in [0.25, 0.3) is 48.0 Å². The SMILES string of the molecule is Nc1ccc(-c2ccc3c(c2)c2sc4ccccc4c2n3-c2ccccc2)cc1. The Morgan fingerprint density at radius 3 is 2.21 bits per heavy atom. The molecule has 0 fully saturated rings. The number of hydrogen-bond donors (Lipinski definition) is 1. The van der Waals surface area contributed by atoms with Crippen LogP contribution in [0.5, 0.6) is 0 Å². The van der Waals surface area contributed by atoms with Crippen molar-refractivity contribution >= 4 is 48.2 Å². The molecule has 0 saturated carbocycles. The van der Waals surface area contributed by atoms with E-state index in [1.807, 2.05) is 23.5 Å². The van der Waals surface area contributed by atoms with Gasteiger partial charge in [0.05, 0.1) is 15.7 Å². The van der Waals surface area contributed by atoms with Crippen molar-refractivity contribution < 1.29 is 0 Å². The van der Waals surface area contributed by atoms with Gasteiger partial charge in [0.2, 0.25) is 0 Å². The van der Waals surface area contributed by atoms with Crippen molar-refractivity contribution in [2.45, 2.75) is 0 Å². The molecule has 0 saturated heterocycles. The summed E-state index contributed by atoms with van der Waals surface area (Å²) < 4.78 is 5.06. The number of nitrogen functional groups attached to an aromatic ring is 1. The number of fused-ring (bicyclic) bond motifs is 5. The molecule has 6 rings (SSSR count). The average molecular weight is 391 g/mol. The van der Waals surface area contributed by atoms with Crippen molar-refractivity contribution in [2.75, 3.05) is 5.73 Å². The monoisotopic (exact) mass is 390 g/mol. The summed E-state index contributed by atoms with van der Waals surface area (Å²) in [5.41, 5.74) is 12.8. The highest BCUT2D eigenvalue weighted by atomic mass is 32.1. The Bertz CT molecular complexity index is 1490. The van der Waals surface area contributed by atoms with Gasteiger partial charge < -0.3 is 10.3 Å². The van der Waals surface area contributed by atoms with Gasteiger partial charge in [-0.25, -0.2) is 0 Å². The van der Waals surface area contributed by atoms with E-state index in [2.05, 4.69) is 89.5 Å². The number of thiophene rings is 1. The van der Waals surface area contributed by atoms with Crippen molar-refractivity contribution in [3.63, 3.8) is 0 Å². The fourth-order valence-electron chi connectivity index (χ4n) is 4.17. The molecule has 0 radical (unpaired) electrons. The molecule has 3 heteroatoms. The molecule has 2 nitrogen and oxygen atoms in total. The molecule has 0 aliphatic carbocycles. The smallest absolute Gasteiger partial charge is 0.0727 e. The van der Waals surface area contributed by atoms with Crippen LogP contribution < -0.4 is 5.73 Å². The van der Waals surface area contributed by atoms with E-state index < -0.39 is 0 Å². The molecule has 0 atom stereocenters. The van der Waals surface area contributed by atoms with Gasteiger partial charge in [0.25, 0.3) is 0 Å². The molecule has 2 aromatic heterocycles. The van der Waals surface area contributed by atoms with E-state index in [1.54, 1.807) is 0 Å². The third-order valence-electron chi connectivity index (χ3n) is 5.53. The third kappa shape index (κ3) is 2.48. The van der Waals surface area contributed by atoms with Crippen LogP contribution in [0.3, 0.4) is 0 Å². The number of anilines is 1. The first-order chi connectivity index (χ1) is 14.3. The van der Waals surface area contributed by atoms with Gasteiger partial charge in [0, 0.05) is 26.8 Å². The molecule has 4 aromatic carbocycles. The first kappa shape index (κ1) is 16.4. The molecule has 0 amide bonds. The summed E-state index contributed by atoms with van der Waals surface area (Å²) in [5, 5.41) is 2.60. The highest BCUT2D eigenvalue weighted by Crippen LogP contribution is 2.43. The van der Waals surface area contributed by atoms with E-state index in [9.17, 15) is 0 Å². The van der Waals surface area contributed by atoms with E-state index in [0.29, 0.717) is 0 Å². The van der Waals surface area contributed by atoms with Gasteiger partial charge in [0.1, 0.15) is 0 Å². The van der Waals surface area contributed by atoms with E-state index in [4.69, 9.17) is 5.73 Å². The summed E-state index contributed by atoms with van der Waals surface area (Å²) in [7, 11) is 0. The maximum absolute atomic E-state index is 5.88. The van der Waals surface area contributed by atoms with Crippen LogP contribution in [0.2, 0.25) is 0 Å². The molecule has 0 bridgehead atoms. The van der Waals surface area contributed by atoms with Gasteiger partial charge in [-0.2, -0.15) is 0 Å². The van der Waals surface area contributed by atoms with Crippen LogP contribution in [0.4, 0.5) is 5.69 Å². The quantitative estimate of drug-likeness (QED) is 0.310. The second kappa shape index (κ2) is 6.23. The molecule has 0 spiro atoms. The Balaban J connectivity index is 1.73. The molecule has 2 N–H and O–H groups in total. The Morgan fingerprint density at radius 1 is 0.655 bits per heavy atom. The van der Waals surface area contributed by atoms with Crippen molar-refractivity contribution in [1.29, 1.82) is 0 Å². The number of rotatable bonds is 2. The first-order valence-corrected chi connectivity index (χ1v) is 10.5. The standard InChI is InChI=1S/C26H18N2S/c27-19-13-10-17(11-14-19)18-12-15-23-22(16-18)26-25(21-8-4-5-9-24(21)29-26)28(23)20-6-2-1-3-7-20/h1-16H,27H2. The minimum absolute atomic E-state index is 0.789. The fourth-order valence-corrected chi connectivity index (χ4v) is 5.38. The summed E-state index contributed by atoms with van der Waals surface area (Å²) in [4.78, 5) is 0. The topological polar surface area (TPSA) is 30.9 Å². The fraction of sp³-hybridized carbons (Fsp3) is 0. The van der Waals surface area contributed by atoms with Crippen molar-refractivity contribution in [1.82, 2.24) is 4.57 Å². The Labute approximate surface area is 172 Å². The van der Waals surface area contributed by atoms with Crippen LogP contribution in [0.1, 0.15) is 0 Å². The van der Waals surface area contributed by atoms with Gasteiger partial charge in [-0.05, 0) is 53.6 Å². The molecular weight excluding hydrogens is 372 g/mol. The predicted octanol–water partition coefficient (Wildman–Crippen LogP) is 7.25. The van der Waals surface area contributed by atoms with Gasteiger partial charge >= 0.3 is 0 Å². The number of para-hydroxylation sites is 1. The summed E-state index contributed by atoms with van der Waals surface area (Å²) in [6.45, 7) is 0. The van der Waals surface area contributed by atoms with Crippen LogP contribution in [0.15, 0.2) is 97.1 Å². The average Bonchev–Trinajstić information content (AvgIpc) is 3.29. The zero-order chi connectivity index (χ0) is 19.4. The van der Waals surface area contributed by atoms with Crippen LogP contribution in [0, 0.1) is 0 Å². The van der Waals surface area contributed by atoms with Gasteiger partial charge in [-0.1, -0.05) is 54.6 Å². The minimum atomic E-state index is 0.789. The second-order valence-corrected chi connectivity index (χ2v) is 8.35. The number of hydrogen-bond acceptors (Lipinski definition) is 2. The molecule has 0 aliphatic rings. The van der Waals surface area contributed by atoms with E-state index in [0.717, 1.165) is 5.69 Å². The molecule has 29 heavy (non-hydrogen) atoms. The Morgan fingerprint density at radius 2 is 1.38 bits per heavy atom. The molecule has 0 unspecified atom stereocenters. The second-order valence-electron chi connectivity index (χ2n) is 7.30. The lowest BCUT2D eigenvalue weighted by Gasteiger charge is -2.08. The Hall–Kier alpha value is -3.56. The van der Waals surface area contributed by atoms with Crippen LogP contribution in [-0.2, 0) is 0 Å². The van der Waals surface area contributed by atoms with Crippen LogP contribution >= 0.6 is 11.3 Å². The Kier molecular flexibility index (Phi) is 3.52. The number of nitrogens with zero attached hydrogens (tertiary/aromatic N) is 1. The lowest BCUT2D eigenvalue weighted by Crippen LogP contribution is -1.93. The van der Waals surface area contributed by atoms with E-state index in [1.165, 1.54) is 48.0 Å². The van der Waals surface area contributed by atoms with E-state index >= 15 is 0 Å². The molecule has 6 aromatic rings. The molecule has 138 valence electrons.